The van der Waals surface area contributed by atoms with Gasteiger partial charge in [0.25, 0.3) is 5.91 Å². The molecule has 0 fully saturated rings. The third-order valence-corrected chi connectivity index (χ3v) is 4.52. The van der Waals surface area contributed by atoms with Crippen LogP contribution in [0, 0.1) is 13.8 Å². The van der Waals surface area contributed by atoms with E-state index < -0.39 is 5.91 Å². The lowest BCUT2D eigenvalue weighted by atomic mass is 10.0. The summed E-state index contributed by atoms with van der Waals surface area (Å²) >= 11 is 9.36. The van der Waals surface area contributed by atoms with Crippen LogP contribution in [0.15, 0.2) is 45.3 Å². The normalized spacial score (nSPS) is 10.7. The molecule has 0 spiro atoms. The molecular formula is C18H15BrClN3O2. The van der Waals surface area contributed by atoms with E-state index in [9.17, 15) is 4.79 Å². The summed E-state index contributed by atoms with van der Waals surface area (Å²) in [4.78, 5) is 12.3. The lowest BCUT2D eigenvalue weighted by Crippen LogP contribution is -2.12. The first kappa shape index (κ1) is 17.6. The summed E-state index contributed by atoms with van der Waals surface area (Å²) in [5.41, 5.74) is 3.78. The predicted octanol–water partition coefficient (Wildman–Crippen LogP) is 4.95. The average Bonchev–Trinajstić information content (AvgIpc) is 2.99. The molecule has 0 atom stereocenters. The van der Waals surface area contributed by atoms with Crippen molar-refractivity contribution in [1.82, 2.24) is 10.2 Å². The van der Waals surface area contributed by atoms with Gasteiger partial charge in [-0.15, -0.1) is 5.10 Å². The first-order valence-electron chi connectivity index (χ1n) is 7.57. The predicted molar refractivity (Wildman–Crippen MR) is 100 cm³/mol. The number of amides is 1. The monoisotopic (exact) mass is 419 g/mol. The Morgan fingerprint density at radius 3 is 2.76 bits per heavy atom. The number of rotatable bonds is 4. The minimum atomic E-state index is -0.409. The highest BCUT2D eigenvalue weighted by Crippen LogP contribution is 2.22. The first-order valence-corrected chi connectivity index (χ1v) is 8.74. The summed E-state index contributed by atoms with van der Waals surface area (Å²) in [5.74, 6) is 0.0237. The maximum absolute atomic E-state index is 12.3. The van der Waals surface area contributed by atoms with Crippen LogP contribution in [-0.4, -0.2) is 16.1 Å². The van der Waals surface area contributed by atoms with Crippen molar-refractivity contribution < 1.29 is 9.21 Å². The van der Waals surface area contributed by atoms with Crippen molar-refractivity contribution in [2.45, 2.75) is 20.3 Å². The van der Waals surface area contributed by atoms with Crippen LogP contribution in [0.25, 0.3) is 0 Å². The molecule has 128 valence electrons. The van der Waals surface area contributed by atoms with Gasteiger partial charge in [-0.2, -0.15) is 0 Å². The second kappa shape index (κ2) is 7.37. The van der Waals surface area contributed by atoms with Crippen molar-refractivity contribution in [3.63, 3.8) is 0 Å². The Kier molecular flexibility index (Phi) is 5.20. The quantitative estimate of drug-likeness (QED) is 0.649. The minimum Gasteiger partial charge on any atom is -0.407 e. The molecule has 0 radical (unpaired) electrons. The molecule has 2 aromatic carbocycles. The van der Waals surface area contributed by atoms with Crippen LogP contribution in [0.5, 0.6) is 0 Å². The van der Waals surface area contributed by atoms with Crippen LogP contribution in [0.2, 0.25) is 5.02 Å². The number of carbonyl (C=O) groups is 1. The number of hydrogen-bond acceptors (Lipinski definition) is 4. The Labute approximate surface area is 158 Å². The fourth-order valence-corrected chi connectivity index (χ4v) is 2.98. The summed E-state index contributed by atoms with van der Waals surface area (Å²) in [6.45, 7) is 4.08. The average molecular weight is 421 g/mol. The van der Waals surface area contributed by atoms with Gasteiger partial charge in [-0.3, -0.25) is 10.1 Å². The van der Waals surface area contributed by atoms with Crippen LogP contribution in [-0.2, 0) is 6.42 Å². The van der Waals surface area contributed by atoms with E-state index in [1.165, 1.54) is 5.56 Å². The smallest absolute Gasteiger partial charge is 0.322 e. The SMILES string of the molecule is Cc1ccc(Cc2nnc(NC(=O)c3cc(Br)ccc3Cl)o2)c(C)c1. The molecule has 1 heterocycles. The Morgan fingerprint density at radius 1 is 1.20 bits per heavy atom. The number of hydrogen-bond donors (Lipinski definition) is 1. The number of aryl methyl sites for hydroxylation is 2. The van der Waals surface area contributed by atoms with Gasteiger partial charge in [0.15, 0.2) is 0 Å². The van der Waals surface area contributed by atoms with Gasteiger partial charge in [0.1, 0.15) is 0 Å². The molecule has 0 bridgehead atoms. The fraction of sp³-hybridized carbons (Fsp3) is 0.167. The van der Waals surface area contributed by atoms with Gasteiger partial charge < -0.3 is 4.42 Å². The lowest BCUT2D eigenvalue weighted by molar-refractivity contribution is 0.102. The van der Waals surface area contributed by atoms with E-state index in [4.69, 9.17) is 16.0 Å². The second-order valence-corrected chi connectivity index (χ2v) is 7.01. The minimum absolute atomic E-state index is 0.0424. The number of aromatic nitrogens is 2. The highest BCUT2D eigenvalue weighted by molar-refractivity contribution is 9.10. The molecule has 7 heteroatoms. The lowest BCUT2D eigenvalue weighted by Gasteiger charge is -2.04. The molecule has 0 saturated carbocycles. The molecular weight excluding hydrogens is 406 g/mol. The van der Waals surface area contributed by atoms with Crippen LogP contribution < -0.4 is 5.32 Å². The number of halogens is 2. The number of benzene rings is 2. The van der Waals surface area contributed by atoms with Crippen molar-refractivity contribution in [2.24, 2.45) is 0 Å². The van der Waals surface area contributed by atoms with E-state index in [2.05, 4.69) is 37.5 Å². The van der Waals surface area contributed by atoms with E-state index in [1.54, 1.807) is 18.2 Å². The molecule has 3 aromatic rings. The molecule has 25 heavy (non-hydrogen) atoms. The van der Waals surface area contributed by atoms with Gasteiger partial charge in [0, 0.05) is 4.47 Å². The Bertz CT molecular complexity index is 940. The molecule has 0 saturated heterocycles. The zero-order valence-electron chi connectivity index (χ0n) is 13.6. The third-order valence-electron chi connectivity index (χ3n) is 3.70. The molecule has 1 aromatic heterocycles. The van der Waals surface area contributed by atoms with E-state index >= 15 is 0 Å². The number of nitrogens with zero attached hydrogens (tertiary/aromatic N) is 2. The molecule has 5 nitrogen and oxygen atoms in total. The zero-order valence-corrected chi connectivity index (χ0v) is 16.0. The summed E-state index contributed by atoms with van der Waals surface area (Å²) in [7, 11) is 0. The van der Waals surface area contributed by atoms with Crippen molar-refractivity contribution >= 4 is 39.5 Å². The van der Waals surface area contributed by atoms with Crippen LogP contribution in [0.3, 0.4) is 0 Å². The van der Waals surface area contributed by atoms with E-state index in [0.717, 1.165) is 15.6 Å². The van der Waals surface area contributed by atoms with Gasteiger partial charge in [-0.25, -0.2) is 0 Å². The maximum Gasteiger partial charge on any atom is 0.322 e. The summed E-state index contributed by atoms with van der Waals surface area (Å²) in [5, 5.41) is 10.8. The van der Waals surface area contributed by atoms with Crippen molar-refractivity contribution in [2.75, 3.05) is 5.32 Å². The third kappa shape index (κ3) is 4.27. The summed E-state index contributed by atoms with van der Waals surface area (Å²) in [6, 6.07) is 11.2. The fourth-order valence-electron chi connectivity index (χ4n) is 2.42. The Balaban J connectivity index is 1.73. The number of nitrogens with one attached hydrogen (secondary N) is 1. The maximum atomic E-state index is 12.3. The molecule has 1 N–H and O–H groups in total. The van der Waals surface area contributed by atoms with E-state index in [0.29, 0.717) is 22.9 Å². The van der Waals surface area contributed by atoms with Crippen molar-refractivity contribution in [1.29, 1.82) is 0 Å². The topological polar surface area (TPSA) is 68.0 Å². The molecule has 3 rings (SSSR count). The number of anilines is 1. The van der Waals surface area contributed by atoms with Crippen molar-refractivity contribution in [3.05, 3.63) is 74.0 Å². The van der Waals surface area contributed by atoms with Gasteiger partial charge in [0.2, 0.25) is 5.89 Å². The van der Waals surface area contributed by atoms with Crippen LogP contribution in [0.1, 0.15) is 32.9 Å². The van der Waals surface area contributed by atoms with Crippen LogP contribution in [0.4, 0.5) is 6.01 Å². The highest BCUT2D eigenvalue weighted by atomic mass is 79.9. The van der Waals surface area contributed by atoms with E-state index in [-0.39, 0.29) is 6.01 Å². The Hall–Kier alpha value is -2.18. The Morgan fingerprint density at radius 2 is 2.00 bits per heavy atom. The zero-order chi connectivity index (χ0) is 18.0. The van der Waals surface area contributed by atoms with Gasteiger partial charge in [-0.05, 0) is 43.2 Å². The highest BCUT2D eigenvalue weighted by Gasteiger charge is 2.15. The van der Waals surface area contributed by atoms with Crippen LogP contribution >= 0.6 is 27.5 Å². The summed E-state index contributed by atoms with van der Waals surface area (Å²) in [6.07, 6.45) is 0.507. The number of carbonyl (C=O) groups excluding carboxylic acids is 1. The molecule has 1 amide bonds. The molecule has 0 aliphatic carbocycles. The first-order chi connectivity index (χ1) is 11.9. The van der Waals surface area contributed by atoms with Crippen molar-refractivity contribution in [3.8, 4) is 0 Å². The largest absolute Gasteiger partial charge is 0.407 e. The van der Waals surface area contributed by atoms with Gasteiger partial charge >= 0.3 is 6.01 Å². The molecule has 0 unspecified atom stereocenters. The van der Waals surface area contributed by atoms with Gasteiger partial charge in [0.05, 0.1) is 17.0 Å². The second-order valence-electron chi connectivity index (χ2n) is 5.69. The summed E-state index contributed by atoms with van der Waals surface area (Å²) < 4.78 is 6.28. The standard InChI is InChI=1S/C18H15BrClN3O2/c1-10-3-4-12(11(2)7-10)8-16-22-23-18(25-16)21-17(24)14-9-13(19)5-6-15(14)20/h3-7,9H,8H2,1-2H3,(H,21,23,24). The van der Waals surface area contributed by atoms with E-state index in [1.807, 2.05) is 26.0 Å². The molecule has 0 aliphatic rings. The van der Waals surface area contributed by atoms with Gasteiger partial charge in [-0.1, -0.05) is 56.4 Å². The molecule has 0 aliphatic heterocycles.